The molecule has 3 aromatic rings. The Balaban J connectivity index is 1.80. The van der Waals surface area contributed by atoms with Crippen LogP contribution in [0.3, 0.4) is 0 Å². The second-order valence-electron chi connectivity index (χ2n) is 4.39. The molecule has 1 N–H and O–H groups in total. The molecule has 2 heterocycles. The lowest BCUT2D eigenvalue weighted by atomic mass is 10.2. The zero-order chi connectivity index (χ0) is 13.2. The number of ether oxygens (including phenoxy) is 1. The van der Waals surface area contributed by atoms with Crippen molar-refractivity contribution in [2.75, 3.05) is 0 Å². The number of aromatic hydroxyl groups is 1. The smallest absolute Gasteiger partial charge is 0.137 e. The molecule has 0 aliphatic carbocycles. The SMILES string of the molecule is Cc1c(O)cccc1OCc1cn2ccccc2n1. The van der Waals surface area contributed by atoms with Crippen molar-refractivity contribution in [1.82, 2.24) is 9.38 Å². The van der Waals surface area contributed by atoms with Crippen LogP contribution < -0.4 is 4.74 Å². The summed E-state index contributed by atoms with van der Waals surface area (Å²) >= 11 is 0. The van der Waals surface area contributed by atoms with Crippen LogP contribution in [-0.4, -0.2) is 14.5 Å². The Morgan fingerprint density at radius 1 is 1.21 bits per heavy atom. The summed E-state index contributed by atoms with van der Waals surface area (Å²) in [6.07, 6.45) is 3.89. The van der Waals surface area contributed by atoms with Gasteiger partial charge in [-0.3, -0.25) is 0 Å². The van der Waals surface area contributed by atoms with Crippen molar-refractivity contribution < 1.29 is 9.84 Å². The Morgan fingerprint density at radius 2 is 2.11 bits per heavy atom. The Bertz CT molecular complexity index is 686. The highest BCUT2D eigenvalue weighted by Crippen LogP contribution is 2.26. The zero-order valence-electron chi connectivity index (χ0n) is 10.6. The topological polar surface area (TPSA) is 46.8 Å². The summed E-state index contributed by atoms with van der Waals surface area (Å²) in [4.78, 5) is 4.46. The van der Waals surface area contributed by atoms with E-state index in [2.05, 4.69) is 4.98 Å². The minimum atomic E-state index is 0.243. The Hall–Kier alpha value is -2.49. The first-order valence-corrected chi connectivity index (χ1v) is 6.08. The van der Waals surface area contributed by atoms with Crippen molar-refractivity contribution in [3.8, 4) is 11.5 Å². The molecule has 4 heteroatoms. The lowest BCUT2D eigenvalue weighted by Gasteiger charge is -2.08. The van der Waals surface area contributed by atoms with E-state index in [1.807, 2.05) is 48.0 Å². The number of aromatic nitrogens is 2. The zero-order valence-corrected chi connectivity index (χ0v) is 10.6. The highest BCUT2D eigenvalue weighted by molar-refractivity contribution is 5.43. The molecule has 0 aliphatic heterocycles. The van der Waals surface area contributed by atoms with Gasteiger partial charge in [0.2, 0.25) is 0 Å². The lowest BCUT2D eigenvalue weighted by molar-refractivity contribution is 0.298. The molecule has 0 saturated carbocycles. The molecule has 19 heavy (non-hydrogen) atoms. The van der Waals surface area contributed by atoms with Gasteiger partial charge in [-0.15, -0.1) is 0 Å². The fraction of sp³-hybridized carbons (Fsp3) is 0.133. The molecule has 2 aromatic heterocycles. The molecule has 0 spiro atoms. The standard InChI is InChI=1S/C15H14N2O2/c1-11-13(18)5-4-6-14(11)19-10-12-9-17-8-3-2-7-15(17)16-12/h2-9,18H,10H2,1H3. The van der Waals surface area contributed by atoms with Crippen molar-refractivity contribution in [2.45, 2.75) is 13.5 Å². The third-order valence-corrected chi connectivity index (χ3v) is 3.04. The van der Waals surface area contributed by atoms with Crippen LogP contribution in [0, 0.1) is 6.92 Å². The summed E-state index contributed by atoms with van der Waals surface area (Å²) in [6, 6.07) is 11.1. The number of pyridine rings is 1. The maximum absolute atomic E-state index is 9.61. The second kappa shape index (κ2) is 4.65. The van der Waals surface area contributed by atoms with Crippen molar-refractivity contribution >= 4 is 5.65 Å². The van der Waals surface area contributed by atoms with Crippen molar-refractivity contribution in [3.63, 3.8) is 0 Å². The molecule has 0 aliphatic rings. The molecule has 0 radical (unpaired) electrons. The fourth-order valence-electron chi connectivity index (χ4n) is 1.97. The first kappa shape index (κ1) is 11.6. The molecule has 0 amide bonds. The summed E-state index contributed by atoms with van der Waals surface area (Å²) in [5.74, 6) is 0.921. The van der Waals surface area contributed by atoms with E-state index in [4.69, 9.17) is 4.74 Å². The fourth-order valence-corrected chi connectivity index (χ4v) is 1.97. The van der Waals surface area contributed by atoms with E-state index in [-0.39, 0.29) is 5.75 Å². The van der Waals surface area contributed by atoms with Gasteiger partial charge in [0.15, 0.2) is 0 Å². The monoisotopic (exact) mass is 254 g/mol. The van der Waals surface area contributed by atoms with Gasteiger partial charge in [0, 0.05) is 18.0 Å². The Morgan fingerprint density at radius 3 is 2.95 bits per heavy atom. The van der Waals surface area contributed by atoms with Crippen LogP contribution in [0.15, 0.2) is 48.8 Å². The van der Waals surface area contributed by atoms with Gasteiger partial charge in [0.05, 0.1) is 5.69 Å². The average Bonchev–Trinajstić information content (AvgIpc) is 2.83. The van der Waals surface area contributed by atoms with E-state index < -0.39 is 0 Å². The predicted octanol–water partition coefficient (Wildman–Crippen LogP) is 2.93. The summed E-state index contributed by atoms with van der Waals surface area (Å²) in [6.45, 7) is 2.21. The molecular formula is C15H14N2O2. The summed E-state index contributed by atoms with van der Waals surface area (Å²) in [5, 5.41) is 9.61. The van der Waals surface area contributed by atoms with Gasteiger partial charge in [-0.1, -0.05) is 12.1 Å². The van der Waals surface area contributed by atoms with Crippen LogP contribution in [0.1, 0.15) is 11.3 Å². The summed E-state index contributed by atoms with van der Waals surface area (Å²) in [5.41, 5.74) is 2.49. The number of hydrogen-bond donors (Lipinski definition) is 1. The molecule has 0 bridgehead atoms. The quantitative estimate of drug-likeness (QED) is 0.781. The summed E-state index contributed by atoms with van der Waals surface area (Å²) in [7, 11) is 0. The van der Waals surface area contributed by atoms with Gasteiger partial charge in [-0.25, -0.2) is 4.98 Å². The normalized spacial score (nSPS) is 10.8. The number of fused-ring (bicyclic) bond motifs is 1. The first-order chi connectivity index (χ1) is 9.24. The maximum atomic E-state index is 9.61. The molecule has 3 rings (SSSR count). The predicted molar refractivity (Wildman–Crippen MR) is 72.4 cm³/mol. The molecule has 4 nitrogen and oxygen atoms in total. The van der Waals surface area contributed by atoms with Crippen LogP contribution >= 0.6 is 0 Å². The van der Waals surface area contributed by atoms with Crippen molar-refractivity contribution in [1.29, 1.82) is 0 Å². The van der Waals surface area contributed by atoms with Gasteiger partial charge in [0.25, 0.3) is 0 Å². The van der Waals surface area contributed by atoms with Crippen LogP contribution in [0.25, 0.3) is 5.65 Å². The maximum Gasteiger partial charge on any atom is 0.137 e. The lowest BCUT2D eigenvalue weighted by Crippen LogP contribution is -1.97. The van der Waals surface area contributed by atoms with Crippen LogP contribution in [0.4, 0.5) is 0 Å². The van der Waals surface area contributed by atoms with E-state index in [0.717, 1.165) is 16.9 Å². The highest BCUT2D eigenvalue weighted by atomic mass is 16.5. The number of imidazole rings is 1. The molecule has 0 unspecified atom stereocenters. The molecular weight excluding hydrogens is 240 g/mol. The molecule has 0 saturated heterocycles. The average molecular weight is 254 g/mol. The van der Waals surface area contributed by atoms with Crippen LogP contribution in [0.5, 0.6) is 11.5 Å². The van der Waals surface area contributed by atoms with Gasteiger partial charge >= 0.3 is 0 Å². The van der Waals surface area contributed by atoms with Crippen LogP contribution in [0.2, 0.25) is 0 Å². The number of benzene rings is 1. The van der Waals surface area contributed by atoms with Crippen molar-refractivity contribution in [2.24, 2.45) is 0 Å². The molecule has 1 aromatic carbocycles. The Kier molecular flexibility index (Phi) is 2.83. The minimum absolute atomic E-state index is 0.243. The van der Waals surface area contributed by atoms with E-state index >= 15 is 0 Å². The number of hydrogen-bond acceptors (Lipinski definition) is 3. The van der Waals surface area contributed by atoms with E-state index in [0.29, 0.717) is 12.4 Å². The van der Waals surface area contributed by atoms with Gasteiger partial charge in [-0.2, -0.15) is 0 Å². The highest BCUT2D eigenvalue weighted by Gasteiger charge is 2.06. The number of phenols is 1. The number of phenolic OH excluding ortho intramolecular Hbond substituents is 1. The molecule has 0 fully saturated rings. The summed E-state index contributed by atoms with van der Waals surface area (Å²) < 4.78 is 7.65. The van der Waals surface area contributed by atoms with E-state index in [9.17, 15) is 5.11 Å². The minimum Gasteiger partial charge on any atom is -0.508 e. The van der Waals surface area contributed by atoms with E-state index in [1.165, 1.54) is 0 Å². The second-order valence-corrected chi connectivity index (χ2v) is 4.39. The third kappa shape index (κ3) is 2.25. The first-order valence-electron chi connectivity index (χ1n) is 6.08. The number of nitrogens with zero attached hydrogens (tertiary/aromatic N) is 2. The number of rotatable bonds is 3. The van der Waals surface area contributed by atoms with E-state index in [1.54, 1.807) is 12.1 Å². The van der Waals surface area contributed by atoms with Gasteiger partial charge < -0.3 is 14.2 Å². The van der Waals surface area contributed by atoms with Gasteiger partial charge in [0.1, 0.15) is 23.8 Å². The molecule has 0 atom stereocenters. The largest absolute Gasteiger partial charge is 0.508 e. The third-order valence-electron chi connectivity index (χ3n) is 3.04. The van der Waals surface area contributed by atoms with Crippen molar-refractivity contribution in [3.05, 3.63) is 60.0 Å². The Labute approximate surface area is 110 Å². The molecule has 96 valence electrons. The van der Waals surface area contributed by atoms with Crippen LogP contribution in [-0.2, 0) is 6.61 Å². The van der Waals surface area contributed by atoms with Gasteiger partial charge in [-0.05, 0) is 31.2 Å².